The average Bonchev–Trinajstić information content (AvgIpc) is 2.29. The van der Waals surface area contributed by atoms with Gasteiger partial charge >= 0.3 is 0 Å². The minimum atomic E-state index is -0.281. The van der Waals surface area contributed by atoms with Crippen molar-refractivity contribution in [2.45, 2.75) is 13.8 Å². The standard InChI is InChI=1S/C12H13NO4/c1-7-12(15)13(8(2)14)10-5-4-9(16-3)6-11(10)17-7/h4-6,15H,1-3H3. The molecule has 0 saturated carbocycles. The van der Waals surface area contributed by atoms with Crippen molar-refractivity contribution in [2.75, 3.05) is 12.0 Å². The van der Waals surface area contributed by atoms with E-state index < -0.39 is 0 Å². The Morgan fingerprint density at radius 3 is 2.76 bits per heavy atom. The van der Waals surface area contributed by atoms with Crippen LogP contribution in [0.4, 0.5) is 5.69 Å². The van der Waals surface area contributed by atoms with Gasteiger partial charge in [-0.05, 0) is 19.1 Å². The van der Waals surface area contributed by atoms with Gasteiger partial charge < -0.3 is 14.6 Å². The molecule has 1 aliphatic heterocycles. The summed E-state index contributed by atoms with van der Waals surface area (Å²) in [7, 11) is 1.55. The highest BCUT2D eigenvalue weighted by atomic mass is 16.5. The molecule has 2 rings (SSSR count). The van der Waals surface area contributed by atoms with E-state index in [-0.39, 0.29) is 17.5 Å². The van der Waals surface area contributed by atoms with Crippen LogP contribution in [0.3, 0.4) is 0 Å². The van der Waals surface area contributed by atoms with E-state index in [4.69, 9.17) is 9.47 Å². The maximum Gasteiger partial charge on any atom is 0.238 e. The van der Waals surface area contributed by atoms with E-state index in [2.05, 4.69) is 0 Å². The topological polar surface area (TPSA) is 59.0 Å². The van der Waals surface area contributed by atoms with Crippen molar-refractivity contribution in [1.29, 1.82) is 0 Å². The van der Waals surface area contributed by atoms with Gasteiger partial charge in [0.05, 0.1) is 12.8 Å². The first-order chi connectivity index (χ1) is 8.04. The molecule has 0 spiro atoms. The summed E-state index contributed by atoms with van der Waals surface area (Å²) >= 11 is 0. The molecule has 5 heteroatoms. The van der Waals surface area contributed by atoms with Gasteiger partial charge in [0, 0.05) is 13.0 Å². The lowest BCUT2D eigenvalue weighted by molar-refractivity contribution is -0.116. The highest BCUT2D eigenvalue weighted by molar-refractivity contribution is 5.96. The zero-order chi connectivity index (χ0) is 12.6. The Kier molecular flexibility index (Phi) is 2.67. The van der Waals surface area contributed by atoms with Crippen LogP contribution in [-0.2, 0) is 4.79 Å². The molecule has 0 unspecified atom stereocenters. The second-order valence-electron chi connectivity index (χ2n) is 3.67. The van der Waals surface area contributed by atoms with E-state index >= 15 is 0 Å². The van der Waals surface area contributed by atoms with E-state index in [0.717, 1.165) is 0 Å². The van der Waals surface area contributed by atoms with Crippen LogP contribution in [0.25, 0.3) is 0 Å². The van der Waals surface area contributed by atoms with Gasteiger partial charge in [0.15, 0.2) is 11.5 Å². The molecular formula is C12H13NO4. The molecule has 1 heterocycles. The Labute approximate surface area is 98.9 Å². The minimum absolute atomic E-state index is 0.185. The predicted molar refractivity (Wildman–Crippen MR) is 62.1 cm³/mol. The SMILES string of the molecule is COc1ccc2c(c1)OC(C)=C(O)N2C(C)=O. The number of carbonyl (C=O) groups is 1. The number of methoxy groups -OCH3 is 1. The van der Waals surface area contributed by atoms with Crippen LogP contribution in [0.5, 0.6) is 11.5 Å². The van der Waals surface area contributed by atoms with E-state index in [1.165, 1.54) is 11.8 Å². The zero-order valence-electron chi connectivity index (χ0n) is 9.85. The number of aliphatic hydroxyl groups excluding tert-OH is 1. The Bertz CT molecular complexity index is 507. The number of allylic oxidation sites excluding steroid dienone is 1. The molecule has 1 amide bonds. The minimum Gasteiger partial charge on any atom is -0.497 e. The maximum atomic E-state index is 11.5. The van der Waals surface area contributed by atoms with Gasteiger partial charge in [-0.2, -0.15) is 0 Å². The number of carbonyl (C=O) groups excluding carboxylic acids is 1. The van der Waals surface area contributed by atoms with Crippen molar-refractivity contribution in [2.24, 2.45) is 0 Å². The summed E-state index contributed by atoms with van der Waals surface area (Å²) in [6.07, 6.45) is 0. The first-order valence-electron chi connectivity index (χ1n) is 5.11. The van der Waals surface area contributed by atoms with Crippen molar-refractivity contribution in [3.05, 3.63) is 29.8 Å². The number of amides is 1. The van der Waals surface area contributed by atoms with E-state index in [9.17, 15) is 9.90 Å². The summed E-state index contributed by atoms with van der Waals surface area (Å²) in [5.41, 5.74) is 0.501. The van der Waals surface area contributed by atoms with Gasteiger partial charge in [-0.15, -0.1) is 0 Å². The Balaban J connectivity index is 2.55. The lowest BCUT2D eigenvalue weighted by atomic mass is 10.2. The number of nitrogens with zero attached hydrogens (tertiary/aromatic N) is 1. The highest BCUT2D eigenvalue weighted by Gasteiger charge is 2.28. The summed E-state index contributed by atoms with van der Waals surface area (Å²) < 4.78 is 10.5. The third-order valence-electron chi connectivity index (χ3n) is 2.51. The monoisotopic (exact) mass is 235 g/mol. The van der Waals surface area contributed by atoms with E-state index in [1.54, 1.807) is 32.2 Å². The quantitative estimate of drug-likeness (QED) is 0.810. The van der Waals surface area contributed by atoms with E-state index in [1.807, 2.05) is 0 Å². The molecule has 1 aromatic carbocycles. The number of fused-ring (bicyclic) bond motifs is 1. The second kappa shape index (κ2) is 4.01. The normalized spacial score (nSPS) is 14.2. The molecule has 0 atom stereocenters. The first-order valence-corrected chi connectivity index (χ1v) is 5.11. The number of hydrogen-bond donors (Lipinski definition) is 1. The van der Waals surface area contributed by atoms with Crippen LogP contribution in [0.2, 0.25) is 0 Å². The summed E-state index contributed by atoms with van der Waals surface area (Å²) in [6, 6.07) is 5.03. The predicted octanol–water partition coefficient (Wildman–Crippen LogP) is 2.19. The molecule has 0 bridgehead atoms. The van der Waals surface area contributed by atoms with Crippen molar-refractivity contribution in [1.82, 2.24) is 0 Å². The van der Waals surface area contributed by atoms with Crippen molar-refractivity contribution < 1.29 is 19.4 Å². The molecule has 0 fully saturated rings. The smallest absolute Gasteiger partial charge is 0.238 e. The third-order valence-corrected chi connectivity index (χ3v) is 2.51. The number of rotatable bonds is 1. The molecule has 1 aliphatic rings. The average molecular weight is 235 g/mol. The number of aliphatic hydroxyl groups is 1. The van der Waals surface area contributed by atoms with Crippen LogP contribution >= 0.6 is 0 Å². The summed E-state index contributed by atoms with van der Waals surface area (Å²) in [5, 5.41) is 9.81. The maximum absolute atomic E-state index is 11.5. The molecule has 0 saturated heterocycles. The second-order valence-corrected chi connectivity index (χ2v) is 3.67. The Morgan fingerprint density at radius 1 is 1.47 bits per heavy atom. The lowest BCUT2D eigenvalue weighted by Crippen LogP contribution is -2.32. The fraction of sp³-hybridized carbons (Fsp3) is 0.250. The lowest BCUT2D eigenvalue weighted by Gasteiger charge is -2.28. The van der Waals surface area contributed by atoms with Crippen molar-refractivity contribution >= 4 is 11.6 Å². The van der Waals surface area contributed by atoms with Crippen LogP contribution in [0.1, 0.15) is 13.8 Å². The summed E-state index contributed by atoms with van der Waals surface area (Å²) in [4.78, 5) is 12.7. The van der Waals surface area contributed by atoms with Gasteiger partial charge in [0.2, 0.25) is 11.8 Å². The molecule has 1 N–H and O–H groups in total. The zero-order valence-corrected chi connectivity index (χ0v) is 9.85. The largest absolute Gasteiger partial charge is 0.497 e. The van der Waals surface area contributed by atoms with Crippen LogP contribution < -0.4 is 14.4 Å². The molecule has 17 heavy (non-hydrogen) atoms. The van der Waals surface area contributed by atoms with Gasteiger partial charge in [0.25, 0.3) is 0 Å². The fourth-order valence-electron chi connectivity index (χ4n) is 1.69. The molecule has 5 nitrogen and oxygen atoms in total. The first kappa shape index (κ1) is 11.3. The Hall–Kier alpha value is -2.17. The van der Waals surface area contributed by atoms with E-state index in [0.29, 0.717) is 17.2 Å². The number of benzene rings is 1. The van der Waals surface area contributed by atoms with Gasteiger partial charge in [0.1, 0.15) is 5.75 Å². The number of hydrogen-bond acceptors (Lipinski definition) is 4. The highest BCUT2D eigenvalue weighted by Crippen LogP contribution is 2.39. The van der Waals surface area contributed by atoms with Gasteiger partial charge in [-0.1, -0.05) is 0 Å². The molecular weight excluding hydrogens is 222 g/mol. The Morgan fingerprint density at radius 2 is 2.18 bits per heavy atom. The van der Waals surface area contributed by atoms with Crippen molar-refractivity contribution in [3.8, 4) is 11.5 Å². The number of anilines is 1. The van der Waals surface area contributed by atoms with Crippen LogP contribution in [0.15, 0.2) is 29.8 Å². The molecule has 0 radical (unpaired) electrons. The summed E-state index contributed by atoms with van der Waals surface area (Å²) in [6.45, 7) is 2.97. The third kappa shape index (κ3) is 1.80. The van der Waals surface area contributed by atoms with Gasteiger partial charge in [-0.25, -0.2) is 4.90 Å². The molecule has 90 valence electrons. The van der Waals surface area contributed by atoms with Gasteiger partial charge in [-0.3, -0.25) is 4.79 Å². The van der Waals surface area contributed by atoms with Crippen molar-refractivity contribution in [3.63, 3.8) is 0 Å². The molecule has 0 aliphatic carbocycles. The summed E-state index contributed by atoms with van der Waals surface area (Å²) in [5.74, 6) is 0.920. The molecule has 1 aromatic rings. The fourth-order valence-corrected chi connectivity index (χ4v) is 1.69. The van der Waals surface area contributed by atoms with Crippen LogP contribution in [0, 0.1) is 0 Å². The van der Waals surface area contributed by atoms with Crippen LogP contribution in [-0.4, -0.2) is 18.1 Å². The molecule has 0 aromatic heterocycles. The number of ether oxygens (including phenoxy) is 2.